The number of nitrogens with one attached hydrogen (secondary N) is 1. The number of aromatic nitrogens is 1. The second kappa shape index (κ2) is 3.45. The largest absolute Gasteiger partial charge is 0.344 e. The second-order valence-electron chi connectivity index (χ2n) is 4.43. The van der Waals surface area contributed by atoms with E-state index in [-0.39, 0.29) is 0 Å². The average Bonchev–Trinajstić information content (AvgIpc) is 2.64. The van der Waals surface area contributed by atoms with E-state index in [2.05, 4.69) is 48.0 Å². The fourth-order valence-electron chi connectivity index (χ4n) is 2.40. The molecule has 2 heteroatoms. The van der Waals surface area contributed by atoms with Crippen LogP contribution in [-0.4, -0.2) is 10.3 Å². The van der Waals surface area contributed by atoms with Gasteiger partial charge in [-0.25, -0.2) is 0 Å². The highest BCUT2D eigenvalue weighted by atomic mass is 14.9. The number of hydrogen-bond donors (Lipinski definition) is 1. The van der Waals surface area contributed by atoms with E-state index >= 15 is 0 Å². The third-order valence-corrected chi connectivity index (χ3v) is 3.35. The van der Waals surface area contributed by atoms with E-state index in [0.717, 1.165) is 5.56 Å². The summed E-state index contributed by atoms with van der Waals surface area (Å²) in [6.45, 7) is 1.83. The first kappa shape index (κ1) is 10.1. The molecule has 3 aromatic rings. The highest BCUT2D eigenvalue weighted by molar-refractivity contribution is 6.10. The zero-order valence-electron chi connectivity index (χ0n) is 9.99. The molecule has 0 aliphatic rings. The molecule has 1 N–H and O–H groups in total. The second-order valence-corrected chi connectivity index (χ2v) is 4.43. The van der Waals surface area contributed by atoms with Crippen LogP contribution in [0.2, 0.25) is 0 Å². The van der Waals surface area contributed by atoms with Crippen LogP contribution in [0.15, 0.2) is 42.5 Å². The first-order chi connectivity index (χ1) is 8.18. The Balaban J connectivity index is 2.50. The molecule has 0 bridgehead atoms. The molecule has 0 saturated heterocycles. The molecular weight excluding hydrogens is 208 g/mol. The number of aryl methyl sites for hydroxylation is 1. The van der Waals surface area contributed by atoms with Crippen LogP contribution >= 0.6 is 0 Å². The van der Waals surface area contributed by atoms with Gasteiger partial charge in [0.2, 0.25) is 0 Å². The standard InChI is InChI=1S/C15H14N2/c1-10(16)11-7-8-15-13(9-11)12-5-3-4-6-14(12)17(15)2/h3-9,16H,1-2H3. The Morgan fingerprint density at radius 3 is 2.47 bits per heavy atom. The van der Waals surface area contributed by atoms with Gasteiger partial charge in [0.25, 0.3) is 0 Å². The van der Waals surface area contributed by atoms with Crippen LogP contribution in [0.25, 0.3) is 21.8 Å². The van der Waals surface area contributed by atoms with Crippen molar-refractivity contribution in [3.05, 3.63) is 48.0 Å². The Hall–Kier alpha value is -2.09. The normalized spacial score (nSPS) is 11.2. The molecule has 0 amide bonds. The number of benzene rings is 2. The maximum absolute atomic E-state index is 7.72. The van der Waals surface area contributed by atoms with Crippen molar-refractivity contribution in [2.75, 3.05) is 0 Å². The molecule has 3 rings (SSSR count). The zero-order valence-corrected chi connectivity index (χ0v) is 9.99. The van der Waals surface area contributed by atoms with Gasteiger partial charge in [-0.15, -0.1) is 0 Å². The minimum atomic E-state index is 0.611. The molecule has 0 aliphatic carbocycles. The number of para-hydroxylation sites is 1. The first-order valence-corrected chi connectivity index (χ1v) is 5.71. The Morgan fingerprint density at radius 1 is 1.00 bits per heavy atom. The minimum absolute atomic E-state index is 0.611. The fraction of sp³-hybridized carbons (Fsp3) is 0.133. The third kappa shape index (κ3) is 1.37. The van der Waals surface area contributed by atoms with Crippen molar-refractivity contribution in [2.45, 2.75) is 6.92 Å². The van der Waals surface area contributed by atoms with Crippen molar-refractivity contribution in [3.8, 4) is 0 Å². The lowest BCUT2D eigenvalue weighted by molar-refractivity contribution is 1.01. The van der Waals surface area contributed by atoms with Crippen LogP contribution in [0.4, 0.5) is 0 Å². The Morgan fingerprint density at radius 2 is 1.71 bits per heavy atom. The summed E-state index contributed by atoms with van der Waals surface area (Å²) in [4.78, 5) is 0. The van der Waals surface area contributed by atoms with Crippen LogP contribution in [0.3, 0.4) is 0 Å². The lowest BCUT2D eigenvalue weighted by Gasteiger charge is -2.00. The van der Waals surface area contributed by atoms with Gasteiger partial charge in [-0.2, -0.15) is 0 Å². The predicted octanol–water partition coefficient (Wildman–Crippen LogP) is 3.72. The molecule has 84 valence electrons. The maximum atomic E-state index is 7.72. The molecule has 2 aromatic carbocycles. The van der Waals surface area contributed by atoms with Crippen LogP contribution < -0.4 is 0 Å². The van der Waals surface area contributed by atoms with Crippen LogP contribution in [0, 0.1) is 5.41 Å². The highest BCUT2D eigenvalue weighted by Gasteiger charge is 2.08. The predicted molar refractivity (Wildman–Crippen MR) is 72.9 cm³/mol. The number of hydrogen-bond acceptors (Lipinski definition) is 1. The van der Waals surface area contributed by atoms with E-state index < -0.39 is 0 Å². The fourth-order valence-corrected chi connectivity index (χ4v) is 2.40. The molecule has 0 radical (unpaired) electrons. The van der Waals surface area contributed by atoms with Crippen molar-refractivity contribution in [1.82, 2.24) is 4.57 Å². The first-order valence-electron chi connectivity index (χ1n) is 5.71. The summed E-state index contributed by atoms with van der Waals surface area (Å²) in [5.41, 5.74) is 4.06. The van der Waals surface area contributed by atoms with Crippen molar-refractivity contribution < 1.29 is 0 Å². The molecule has 0 saturated carbocycles. The van der Waals surface area contributed by atoms with Crippen molar-refractivity contribution in [3.63, 3.8) is 0 Å². The number of rotatable bonds is 1. The smallest absolute Gasteiger partial charge is 0.0489 e. The van der Waals surface area contributed by atoms with Gasteiger partial charge in [0.05, 0.1) is 0 Å². The molecule has 1 heterocycles. The van der Waals surface area contributed by atoms with E-state index in [1.54, 1.807) is 0 Å². The van der Waals surface area contributed by atoms with Gasteiger partial charge in [-0.1, -0.05) is 24.3 Å². The van der Waals surface area contributed by atoms with Gasteiger partial charge in [-0.05, 0) is 30.7 Å². The summed E-state index contributed by atoms with van der Waals surface area (Å²) >= 11 is 0. The summed E-state index contributed by atoms with van der Waals surface area (Å²) in [7, 11) is 2.08. The summed E-state index contributed by atoms with van der Waals surface area (Å²) in [6, 6.07) is 14.6. The topological polar surface area (TPSA) is 28.8 Å². The lowest BCUT2D eigenvalue weighted by Crippen LogP contribution is -1.91. The molecule has 0 atom stereocenters. The van der Waals surface area contributed by atoms with Gasteiger partial charge in [0.15, 0.2) is 0 Å². The monoisotopic (exact) mass is 222 g/mol. The molecule has 0 spiro atoms. The summed E-state index contributed by atoms with van der Waals surface area (Å²) in [6.07, 6.45) is 0. The van der Waals surface area contributed by atoms with Gasteiger partial charge in [-0.3, -0.25) is 0 Å². The molecule has 0 fully saturated rings. The van der Waals surface area contributed by atoms with Gasteiger partial charge in [0.1, 0.15) is 0 Å². The SMILES string of the molecule is CC(=N)c1ccc2c(c1)c1ccccc1n2C. The lowest BCUT2D eigenvalue weighted by atomic mass is 10.1. The number of nitrogens with zero attached hydrogens (tertiary/aromatic N) is 1. The summed E-state index contributed by atoms with van der Waals surface area (Å²) in [5.74, 6) is 0. The molecule has 0 unspecified atom stereocenters. The van der Waals surface area contributed by atoms with Crippen molar-refractivity contribution in [2.24, 2.45) is 7.05 Å². The Kier molecular flexibility index (Phi) is 2.05. The van der Waals surface area contributed by atoms with E-state index in [1.165, 1.54) is 21.8 Å². The molecular formula is C15H14N2. The van der Waals surface area contributed by atoms with Crippen LogP contribution in [-0.2, 0) is 7.05 Å². The molecule has 2 nitrogen and oxygen atoms in total. The van der Waals surface area contributed by atoms with Crippen LogP contribution in [0.5, 0.6) is 0 Å². The van der Waals surface area contributed by atoms with Gasteiger partial charge in [0, 0.05) is 34.6 Å². The summed E-state index contributed by atoms with van der Waals surface area (Å²) in [5, 5.41) is 10.2. The molecule has 0 aliphatic heterocycles. The Labute approximate surface area is 100.0 Å². The minimum Gasteiger partial charge on any atom is -0.344 e. The molecule has 1 aromatic heterocycles. The summed E-state index contributed by atoms with van der Waals surface area (Å²) < 4.78 is 2.20. The van der Waals surface area contributed by atoms with E-state index in [9.17, 15) is 0 Å². The van der Waals surface area contributed by atoms with Crippen molar-refractivity contribution >= 4 is 27.5 Å². The average molecular weight is 222 g/mol. The van der Waals surface area contributed by atoms with E-state index in [0.29, 0.717) is 5.71 Å². The van der Waals surface area contributed by atoms with Crippen LogP contribution in [0.1, 0.15) is 12.5 Å². The van der Waals surface area contributed by atoms with Gasteiger partial charge >= 0.3 is 0 Å². The quantitative estimate of drug-likeness (QED) is 0.608. The van der Waals surface area contributed by atoms with E-state index in [1.807, 2.05) is 13.0 Å². The zero-order chi connectivity index (χ0) is 12.0. The third-order valence-electron chi connectivity index (χ3n) is 3.35. The maximum Gasteiger partial charge on any atom is 0.0489 e. The molecule has 17 heavy (non-hydrogen) atoms. The highest BCUT2D eigenvalue weighted by Crippen LogP contribution is 2.28. The van der Waals surface area contributed by atoms with Gasteiger partial charge < -0.3 is 9.98 Å². The Bertz CT molecular complexity index is 735. The van der Waals surface area contributed by atoms with E-state index in [4.69, 9.17) is 5.41 Å². The number of fused-ring (bicyclic) bond motifs is 3. The van der Waals surface area contributed by atoms with Crippen molar-refractivity contribution in [1.29, 1.82) is 5.41 Å².